The number of piperazine rings is 1. The third-order valence-electron chi connectivity index (χ3n) is 6.75. The van der Waals surface area contributed by atoms with Crippen molar-refractivity contribution in [3.05, 3.63) is 75.8 Å². The predicted molar refractivity (Wildman–Crippen MR) is 142 cm³/mol. The van der Waals surface area contributed by atoms with Crippen molar-refractivity contribution in [1.82, 2.24) is 9.47 Å². The van der Waals surface area contributed by atoms with Crippen LogP contribution in [-0.4, -0.2) is 53.3 Å². The van der Waals surface area contributed by atoms with E-state index < -0.39 is 22.8 Å². The number of esters is 1. The molecule has 1 amide bonds. The predicted octanol–water partition coefficient (Wildman–Crippen LogP) is 4.89. The SMILES string of the molecule is CC(C)(C)OC(=O)N1CCN(c2cc3c(cc2F)c(=O)c(C(=O)OCc2ccccc2)cn3C2CC2)CC1. The Kier molecular flexibility index (Phi) is 6.86. The summed E-state index contributed by atoms with van der Waals surface area (Å²) in [5.41, 5.74) is 0.538. The number of fused-ring (bicyclic) bond motifs is 1. The van der Waals surface area contributed by atoms with Gasteiger partial charge < -0.3 is 23.8 Å². The zero-order valence-electron chi connectivity index (χ0n) is 21.9. The second kappa shape index (κ2) is 10.1. The Morgan fingerprint density at radius 1 is 1.03 bits per heavy atom. The molecule has 0 radical (unpaired) electrons. The molecule has 3 aromatic rings. The van der Waals surface area contributed by atoms with Gasteiger partial charge in [-0.05, 0) is 51.3 Å². The highest BCUT2D eigenvalue weighted by molar-refractivity contribution is 5.94. The number of anilines is 1. The lowest BCUT2D eigenvalue weighted by molar-refractivity contribution is 0.0240. The molecule has 2 aromatic carbocycles. The third-order valence-corrected chi connectivity index (χ3v) is 6.75. The molecular weight excluding hydrogens is 489 g/mol. The Balaban J connectivity index is 1.40. The Morgan fingerprint density at radius 2 is 1.71 bits per heavy atom. The number of amides is 1. The van der Waals surface area contributed by atoms with Crippen molar-refractivity contribution in [2.75, 3.05) is 31.1 Å². The van der Waals surface area contributed by atoms with E-state index in [-0.39, 0.29) is 29.7 Å². The van der Waals surface area contributed by atoms with Gasteiger partial charge in [0.05, 0.1) is 11.2 Å². The van der Waals surface area contributed by atoms with Gasteiger partial charge in [0.1, 0.15) is 23.6 Å². The van der Waals surface area contributed by atoms with E-state index in [2.05, 4.69) is 0 Å². The van der Waals surface area contributed by atoms with Gasteiger partial charge >= 0.3 is 12.1 Å². The molecule has 2 heterocycles. The fourth-order valence-electron chi connectivity index (χ4n) is 4.66. The van der Waals surface area contributed by atoms with Crippen molar-refractivity contribution in [3.8, 4) is 0 Å². The minimum atomic E-state index is -0.724. The third kappa shape index (κ3) is 5.51. The first kappa shape index (κ1) is 25.8. The maximum Gasteiger partial charge on any atom is 0.410 e. The molecule has 1 aliphatic carbocycles. The lowest BCUT2D eigenvalue weighted by Gasteiger charge is -2.37. The minimum absolute atomic E-state index is 0.0448. The van der Waals surface area contributed by atoms with Crippen molar-refractivity contribution in [2.24, 2.45) is 0 Å². The van der Waals surface area contributed by atoms with E-state index in [0.29, 0.717) is 37.4 Å². The van der Waals surface area contributed by atoms with E-state index in [1.165, 1.54) is 6.07 Å². The average molecular weight is 522 g/mol. The zero-order valence-corrected chi connectivity index (χ0v) is 21.9. The smallest absolute Gasteiger partial charge is 0.410 e. The fourth-order valence-corrected chi connectivity index (χ4v) is 4.66. The molecule has 2 fully saturated rings. The van der Waals surface area contributed by atoms with E-state index in [0.717, 1.165) is 18.4 Å². The number of carbonyl (C=O) groups excluding carboxylic acids is 2. The maximum absolute atomic E-state index is 15.4. The molecule has 0 bridgehead atoms. The molecule has 1 aliphatic heterocycles. The van der Waals surface area contributed by atoms with Gasteiger partial charge in [0.2, 0.25) is 5.43 Å². The highest BCUT2D eigenvalue weighted by atomic mass is 19.1. The number of benzene rings is 2. The molecule has 8 nitrogen and oxygen atoms in total. The molecule has 200 valence electrons. The molecule has 1 saturated carbocycles. The van der Waals surface area contributed by atoms with Crippen LogP contribution in [0, 0.1) is 5.82 Å². The molecule has 1 aromatic heterocycles. The number of carbonyl (C=O) groups is 2. The average Bonchev–Trinajstić information content (AvgIpc) is 3.73. The van der Waals surface area contributed by atoms with Crippen molar-refractivity contribution >= 4 is 28.7 Å². The molecule has 38 heavy (non-hydrogen) atoms. The summed E-state index contributed by atoms with van der Waals surface area (Å²) in [4.78, 5) is 42.1. The fraction of sp³-hybridized carbons (Fsp3) is 0.414. The van der Waals surface area contributed by atoms with Crippen molar-refractivity contribution in [1.29, 1.82) is 0 Å². The Hall–Kier alpha value is -3.88. The van der Waals surface area contributed by atoms with Crippen LogP contribution in [-0.2, 0) is 16.1 Å². The second-order valence-electron chi connectivity index (χ2n) is 10.8. The Morgan fingerprint density at radius 3 is 2.34 bits per heavy atom. The highest BCUT2D eigenvalue weighted by Crippen LogP contribution is 2.38. The number of halogens is 1. The first-order valence-electron chi connectivity index (χ1n) is 12.9. The van der Waals surface area contributed by atoms with E-state index >= 15 is 4.39 Å². The van der Waals surface area contributed by atoms with Gasteiger partial charge in [0.25, 0.3) is 0 Å². The number of hydrogen-bond acceptors (Lipinski definition) is 6. The van der Waals surface area contributed by atoms with E-state index in [4.69, 9.17) is 9.47 Å². The largest absolute Gasteiger partial charge is 0.457 e. The molecule has 1 saturated heterocycles. The number of nitrogens with zero attached hydrogens (tertiary/aromatic N) is 3. The summed E-state index contributed by atoms with van der Waals surface area (Å²) in [5, 5.41) is 0.153. The van der Waals surface area contributed by atoms with Crippen LogP contribution in [0.1, 0.15) is 55.6 Å². The van der Waals surface area contributed by atoms with Gasteiger partial charge in [-0.15, -0.1) is 0 Å². The first-order valence-corrected chi connectivity index (χ1v) is 12.9. The summed E-state index contributed by atoms with van der Waals surface area (Å²) < 4.78 is 28.2. The van der Waals surface area contributed by atoms with E-state index in [1.54, 1.807) is 17.2 Å². The van der Waals surface area contributed by atoms with Crippen molar-refractivity contribution in [3.63, 3.8) is 0 Å². The van der Waals surface area contributed by atoms with E-state index in [1.807, 2.05) is 60.6 Å². The van der Waals surface area contributed by atoms with Crippen LogP contribution >= 0.6 is 0 Å². The highest BCUT2D eigenvalue weighted by Gasteiger charge is 2.30. The summed E-state index contributed by atoms with van der Waals surface area (Å²) in [6.45, 7) is 7.15. The lowest BCUT2D eigenvalue weighted by atomic mass is 10.1. The molecular formula is C29H32FN3O5. The quantitative estimate of drug-likeness (QED) is 0.445. The van der Waals surface area contributed by atoms with Crippen molar-refractivity contribution < 1.29 is 23.5 Å². The summed E-state index contributed by atoms with van der Waals surface area (Å²) >= 11 is 0. The Bertz CT molecular complexity index is 1420. The molecule has 0 N–H and O–H groups in total. The van der Waals surface area contributed by atoms with Gasteiger partial charge in [-0.2, -0.15) is 0 Å². The lowest BCUT2D eigenvalue weighted by Crippen LogP contribution is -2.50. The minimum Gasteiger partial charge on any atom is -0.457 e. The summed E-state index contributed by atoms with van der Waals surface area (Å²) in [7, 11) is 0. The number of aromatic nitrogens is 1. The molecule has 0 unspecified atom stereocenters. The van der Waals surface area contributed by atoms with Crippen LogP contribution in [0.5, 0.6) is 0 Å². The first-order chi connectivity index (χ1) is 18.1. The monoisotopic (exact) mass is 521 g/mol. The van der Waals surface area contributed by atoms with Crippen molar-refractivity contribution in [2.45, 2.75) is 51.9 Å². The van der Waals surface area contributed by atoms with Gasteiger partial charge in [-0.25, -0.2) is 14.0 Å². The van der Waals surface area contributed by atoms with Gasteiger partial charge in [0.15, 0.2) is 0 Å². The normalized spacial score (nSPS) is 16.0. The zero-order chi connectivity index (χ0) is 27.0. The summed E-state index contributed by atoms with van der Waals surface area (Å²) in [5.74, 6) is -1.27. The van der Waals surface area contributed by atoms with Crippen LogP contribution in [0.15, 0.2) is 53.5 Å². The molecule has 5 rings (SSSR count). The van der Waals surface area contributed by atoms with Crippen LogP contribution < -0.4 is 10.3 Å². The second-order valence-corrected chi connectivity index (χ2v) is 10.8. The topological polar surface area (TPSA) is 81.1 Å². The number of pyridine rings is 1. The number of ether oxygens (including phenoxy) is 2. The van der Waals surface area contributed by atoms with Crippen LogP contribution in [0.3, 0.4) is 0 Å². The van der Waals surface area contributed by atoms with Crippen LogP contribution in [0.2, 0.25) is 0 Å². The molecule has 9 heteroatoms. The maximum atomic E-state index is 15.4. The van der Waals surface area contributed by atoms with Crippen LogP contribution in [0.25, 0.3) is 10.9 Å². The standard InChI is InChI=1S/C29H32FN3O5/c1-29(2,3)38-28(36)32-13-11-31(12-14-32)25-16-24-21(15-23(25)30)26(34)22(17-33(24)20-9-10-20)27(35)37-18-19-7-5-4-6-8-19/h4-8,15-17,20H,9-14,18H2,1-3H3. The summed E-state index contributed by atoms with van der Waals surface area (Å²) in [6.07, 6.45) is 3.00. The van der Waals surface area contributed by atoms with Gasteiger partial charge in [0, 0.05) is 43.8 Å². The van der Waals surface area contributed by atoms with Gasteiger partial charge in [-0.3, -0.25) is 4.79 Å². The molecule has 0 atom stereocenters. The van der Waals surface area contributed by atoms with Gasteiger partial charge in [-0.1, -0.05) is 30.3 Å². The molecule has 0 spiro atoms. The van der Waals surface area contributed by atoms with Crippen LogP contribution in [0.4, 0.5) is 14.9 Å². The number of rotatable bonds is 5. The van der Waals surface area contributed by atoms with E-state index in [9.17, 15) is 14.4 Å². The Labute approximate surface area is 220 Å². The molecule has 2 aliphatic rings. The summed E-state index contributed by atoms with van der Waals surface area (Å²) in [6, 6.07) is 12.3. The number of hydrogen-bond donors (Lipinski definition) is 0.